The number of halogens is 1. The molecule has 0 saturated carbocycles. The Morgan fingerprint density at radius 1 is 1.16 bits per heavy atom. The van der Waals surface area contributed by atoms with Crippen LogP contribution in [0.4, 0.5) is 11.4 Å². The van der Waals surface area contributed by atoms with Gasteiger partial charge in [0, 0.05) is 21.4 Å². The van der Waals surface area contributed by atoms with Crippen LogP contribution in [0.5, 0.6) is 0 Å². The van der Waals surface area contributed by atoms with Gasteiger partial charge >= 0.3 is 0 Å². The molecule has 0 atom stereocenters. The van der Waals surface area contributed by atoms with E-state index in [1.807, 2.05) is 32.0 Å². The third-order valence-electron chi connectivity index (χ3n) is 2.81. The molecule has 0 aliphatic heterocycles. The Balaban J connectivity index is 2.25. The van der Waals surface area contributed by atoms with Crippen LogP contribution in [-0.4, -0.2) is 5.91 Å². The van der Waals surface area contributed by atoms with Gasteiger partial charge in [-0.3, -0.25) is 4.79 Å². The second-order valence-electron chi connectivity index (χ2n) is 4.55. The maximum atomic E-state index is 12.2. The minimum absolute atomic E-state index is 0.167. The molecule has 1 amide bonds. The van der Waals surface area contributed by atoms with Crippen LogP contribution >= 0.6 is 15.9 Å². The monoisotopic (exact) mass is 318 g/mol. The fourth-order valence-electron chi connectivity index (χ4n) is 1.89. The van der Waals surface area contributed by atoms with Crippen molar-refractivity contribution in [3.63, 3.8) is 0 Å². The van der Waals surface area contributed by atoms with E-state index in [1.54, 1.807) is 18.2 Å². The number of nitrogens with two attached hydrogens (primary N) is 1. The number of carbonyl (C=O) groups is 1. The summed E-state index contributed by atoms with van der Waals surface area (Å²) in [6, 6.07) is 11.1. The van der Waals surface area contributed by atoms with E-state index in [0.717, 1.165) is 15.7 Å². The lowest BCUT2D eigenvalue weighted by molar-refractivity contribution is 0.102. The van der Waals surface area contributed by atoms with E-state index in [4.69, 9.17) is 5.73 Å². The van der Waals surface area contributed by atoms with E-state index >= 15 is 0 Å². The Bertz CT molecular complexity index is 618. The van der Waals surface area contributed by atoms with Crippen LogP contribution in [-0.2, 0) is 0 Å². The molecule has 2 aromatic rings. The number of carbonyl (C=O) groups excluding carboxylic acids is 1. The molecular weight excluding hydrogens is 304 g/mol. The molecule has 0 aliphatic rings. The average Bonchev–Trinajstić information content (AvgIpc) is 2.31. The molecule has 0 aromatic heterocycles. The number of aryl methyl sites for hydroxylation is 2. The van der Waals surface area contributed by atoms with Gasteiger partial charge in [0.2, 0.25) is 0 Å². The van der Waals surface area contributed by atoms with Crippen molar-refractivity contribution in [2.24, 2.45) is 0 Å². The van der Waals surface area contributed by atoms with Gasteiger partial charge in [-0.15, -0.1) is 0 Å². The highest BCUT2D eigenvalue weighted by Gasteiger charge is 2.09. The minimum Gasteiger partial charge on any atom is -0.399 e. The fraction of sp³-hybridized carbons (Fsp3) is 0.133. The summed E-state index contributed by atoms with van der Waals surface area (Å²) in [5.41, 5.74) is 9.84. The Morgan fingerprint density at radius 2 is 1.89 bits per heavy atom. The average molecular weight is 319 g/mol. The highest BCUT2D eigenvalue weighted by Crippen LogP contribution is 2.20. The van der Waals surface area contributed by atoms with E-state index in [1.165, 1.54) is 5.56 Å². The smallest absolute Gasteiger partial charge is 0.255 e. The summed E-state index contributed by atoms with van der Waals surface area (Å²) in [5, 5.41) is 2.89. The molecule has 0 unspecified atom stereocenters. The Kier molecular flexibility index (Phi) is 3.90. The largest absolute Gasteiger partial charge is 0.399 e. The van der Waals surface area contributed by atoms with Crippen molar-refractivity contribution >= 4 is 33.2 Å². The molecule has 0 spiro atoms. The van der Waals surface area contributed by atoms with Crippen LogP contribution < -0.4 is 11.1 Å². The summed E-state index contributed by atoms with van der Waals surface area (Å²) in [4.78, 5) is 12.2. The molecule has 0 radical (unpaired) electrons. The number of amides is 1. The van der Waals surface area contributed by atoms with Crippen molar-refractivity contribution in [3.8, 4) is 0 Å². The predicted octanol–water partition coefficient (Wildman–Crippen LogP) is 3.90. The number of nitrogen functional groups attached to an aromatic ring is 1. The second kappa shape index (κ2) is 5.45. The SMILES string of the molecule is Cc1ccc(NC(=O)c2cc(N)cc(Br)c2)c(C)c1. The van der Waals surface area contributed by atoms with Gasteiger partial charge in [0.05, 0.1) is 0 Å². The van der Waals surface area contributed by atoms with Crippen LogP contribution in [0.25, 0.3) is 0 Å². The summed E-state index contributed by atoms with van der Waals surface area (Å²) in [7, 11) is 0. The molecule has 0 saturated heterocycles. The lowest BCUT2D eigenvalue weighted by atomic mass is 10.1. The Labute approximate surface area is 121 Å². The van der Waals surface area contributed by atoms with Gasteiger partial charge in [-0.25, -0.2) is 0 Å². The molecule has 98 valence electrons. The zero-order valence-electron chi connectivity index (χ0n) is 10.8. The van der Waals surface area contributed by atoms with Crippen LogP contribution in [0.2, 0.25) is 0 Å². The van der Waals surface area contributed by atoms with Gasteiger partial charge in [0.1, 0.15) is 0 Å². The number of nitrogens with one attached hydrogen (secondary N) is 1. The maximum absolute atomic E-state index is 12.2. The first kappa shape index (κ1) is 13.6. The molecular formula is C15H15BrN2O. The number of rotatable bonds is 2. The van der Waals surface area contributed by atoms with E-state index in [9.17, 15) is 4.79 Å². The molecule has 4 heteroatoms. The van der Waals surface area contributed by atoms with Crippen molar-refractivity contribution in [3.05, 3.63) is 57.6 Å². The fourth-order valence-corrected chi connectivity index (χ4v) is 2.40. The summed E-state index contributed by atoms with van der Waals surface area (Å²) in [6.07, 6.45) is 0. The van der Waals surface area contributed by atoms with E-state index in [2.05, 4.69) is 21.2 Å². The van der Waals surface area contributed by atoms with Gasteiger partial charge in [-0.1, -0.05) is 33.6 Å². The molecule has 2 rings (SSSR count). The zero-order chi connectivity index (χ0) is 14.0. The van der Waals surface area contributed by atoms with E-state index in [0.29, 0.717) is 11.3 Å². The zero-order valence-corrected chi connectivity index (χ0v) is 12.4. The van der Waals surface area contributed by atoms with Crippen LogP contribution in [0.15, 0.2) is 40.9 Å². The van der Waals surface area contributed by atoms with Gasteiger partial charge in [-0.2, -0.15) is 0 Å². The second-order valence-corrected chi connectivity index (χ2v) is 5.46. The summed E-state index contributed by atoms with van der Waals surface area (Å²) < 4.78 is 0.790. The molecule has 0 aliphatic carbocycles. The third kappa shape index (κ3) is 3.35. The Hall–Kier alpha value is -1.81. The van der Waals surface area contributed by atoms with Crippen molar-refractivity contribution in [2.45, 2.75) is 13.8 Å². The van der Waals surface area contributed by atoms with Crippen molar-refractivity contribution in [2.75, 3.05) is 11.1 Å². The Morgan fingerprint density at radius 3 is 2.53 bits per heavy atom. The molecule has 2 aromatic carbocycles. The first-order valence-electron chi connectivity index (χ1n) is 5.90. The van der Waals surface area contributed by atoms with Crippen molar-refractivity contribution in [1.29, 1.82) is 0 Å². The minimum atomic E-state index is -0.167. The van der Waals surface area contributed by atoms with Gasteiger partial charge in [0.15, 0.2) is 0 Å². The van der Waals surface area contributed by atoms with Crippen LogP contribution in [0.3, 0.4) is 0 Å². The molecule has 0 heterocycles. The summed E-state index contributed by atoms with van der Waals surface area (Å²) >= 11 is 3.33. The lowest BCUT2D eigenvalue weighted by Crippen LogP contribution is -2.13. The third-order valence-corrected chi connectivity index (χ3v) is 3.27. The van der Waals surface area contributed by atoms with E-state index in [-0.39, 0.29) is 5.91 Å². The maximum Gasteiger partial charge on any atom is 0.255 e. The normalized spacial score (nSPS) is 10.3. The molecule has 19 heavy (non-hydrogen) atoms. The highest BCUT2D eigenvalue weighted by molar-refractivity contribution is 9.10. The highest BCUT2D eigenvalue weighted by atomic mass is 79.9. The molecule has 0 fully saturated rings. The standard InChI is InChI=1S/C15H15BrN2O/c1-9-3-4-14(10(2)5-9)18-15(19)11-6-12(16)8-13(17)7-11/h3-8H,17H2,1-2H3,(H,18,19). The summed E-state index contributed by atoms with van der Waals surface area (Å²) in [5.74, 6) is -0.167. The summed E-state index contributed by atoms with van der Waals surface area (Å²) in [6.45, 7) is 3.99. The predicted molar refractivity (Wildman–Crippen MR) is 82.4 cm³/mol. The van der Waals surface area contributed by atoms with Crippen LogP contribution in [0, 0.1) is 13.8 Å². The quantitative estimate of drug-likeness (QED) is 0.825. The number of hydrogen-bond acceptors (Lipinski definition) is 2. The molecule has 0 bridgehead atoms. The van der Waals surface area contributed by atoms with Crippen LogP contribution in [0.1, 0.15) is 21.5 Å². The first-order chi connectivity index (χ1) is 8.95. The van der Waals surface area contributed by atoms with Gasteiger partial charge in [0.25, 0.3) is 5.91 Å². The van der Waals surface area contributed by atoms with Crippen molar-refractivity contribution in [1.82, 2.24) is 0 Å². The van der Waals surface area contributed by atoms with Gasteiger partial charge in [-0.05, 0) is 43.7 Å². The van der Waals surface area contributed by atoms with Gasteiger partial charge < -0.3 is 11.1 Å². The topological polar surface area (TPSA) is 55.1 Å². The molecule has 3 N–H and O–H groups in total. The first-order valence-corrected chi connectivity index (χ1v) is 6.69. The van der Waals surface area contributed by atoms with E-state index < -0.39 is 0 Å². The molecule has 3 nitrogen and oxygen atoms in total. The van der Waals surface area contributed by atoms with Crippen molar-refractivity contribution < 1.29 is 4.79 Å². The lowest BCUT2D eigenvalue weighted by Gasteiger charge is -2.10. The number of hydrogen-bond donors (Lipinski definition) is 2. The number of benzene rings is 2. The number of anilines is 2.